The van der Waals surface area contributed by atoms with Crippen LogP contribution in [0.15, 0.2) is 71.1 Å². The number of rotatable bonds is 6. The van der Waals surface area contributed by atoms with Crippen LogP contribution in [0.2, 0.25) is 0 Å². The maximum absolute atomic E-state index is 12.3. The van der Waals surface area contributed by atoms with Gasteiger partial charge in [0.05, 0.1) is 7.11 Å². The van der Waals surface area contributed by atoms with E-state index >= 15 is 0 Å². The van der Waals surface area contributed by atoms with Crippen molar-refractivity contribution in [3.8, 4) is 23.0 Å². The average Bonchev–Trinajstić information content (AvgIpc) is 3.17. The van der Waals surface area contributed by atoms with Crippen LogP contribution in [-0.2, 0) is 4.79 Å². The predicted molar refractivity (Wildman–Crippen MR) is 111 cm³/mol. The van der Waals surface area contributed by atoms with Crippen molar-refractivity contribution in [2.24, 2.45) is 0 Å². The number of nitrogens with zero attached hydrogens (tertiary/aromatic N) is 1. The van der Waals surface area contributed by atoms with Crippen molar-refractivity contribution in [1.82, 2.24) is 4.98 Å². The molecule has 6 nitrogen and oxygen atoms in total. The molecule has 0 atom stereocenters. The summed E-state index contributed by atoms with van der Waals surface area (Å²) in [6, 6.07) is 20.3. The quantitative estimate of drug-likeness (QED) is 0.512. The minimum absolute atomic E-state index is 0.0731. The van der Waals surface area contributed by atoms with Gasteiger partial charge in [-0.15, -0.1) is 0 Å². The lowest BCUT2D eigenvalue weighted by Crippen LogP contribution is -2.20. The SMILES string of the molecule is COc1ccc2oc(-c3cccc(NC(=O)COc4ccccc4)c3C)nc2c1. The predicted octanol–water partition coefficient (Wildman–Crippen LogP) is 4.83. The molecule has 146 valence electrons. The normalized spacial score (nSPS) is 10.7. The van der Waals surface area contributed by atoms with Gasteiger partial charge in [-0.25, -0.2) is 4.98 Å². The van der Waals surface area contributed by atoms with E-state index in [1.165, 1.54) is 0 Å². The van der Waals surface area contributed by atoms with E-state index in [1.54, 1.807) is 19.2 Å². The fraction of sp³-hybridized carbons (Fsp3) is 0.130. The van der Waals surface area contributed by atoms with Crippen molar-refractivity contribution in [1.29, 1.82) is 0 Å². The van der Waals surface area contributed by atoms with Crippen molar-refractivity contribution >= 4 is 22.7 Å². The minimum Gasteiger partial charge on any atom is -0.497 e. The molecule has 0 radical (unpaired) electrons. The van der Waals surface area contributed by atoms with Crippen molar-refractivity contribution in [3.05, 3.63) is 72.3 Å². The third-order valence-corrected chi connectivity index (χ3v) is 4.55. The number of ether oxygens (including phenoxy) is 2. The van der Waals surface area contributed by atoms with Gasteiger partial charge in [0.15, 0.2) is 12.2 Å². The molecular formula is C23H20N2O4. The minimum atomic E-state index is -0.239. The smallest absolute Gasteiger partial charge is 0.262 e. The third-order valence-electron chi connectivity index (χ3n) is 4.55. The number of anilines is 1. The standard InChI is InChI=1S/C23H20N2O4/c1-15-18(23-25-20-13-17(27-2)11-12-21(20)29-23)9-6-10-19(15)24-22(26)14-28-16-7-4-3-5-8-16/h3-13H,14H2,1-2H3,(H,24,26). The van der Waals surface area contributed by atoms with E-state index in [0.29, 0.717) is 34.2 Å². The number of nitrogens with one attached hydrogen (secondary N) is 1. The number of carbonyl (C=O) groups is 1. The van der Waals surface area contributed by atoms with Crippen LogP contribution in [0.5, 0.6) is 11.5 Å². The molecule has 29 heavy (non-hydrogen) atoms. The van der Waals surface area contributed by atoms with Gasteiger partial charge in [0.25, 0.3) is 5.91 Å². The summed E-state index contributed by atoms with van der Waals surface area (Å²) in [4.78, 5) is 16.9. The Hall–Kier alpha value is -3.80. The van der Waals surface area contributed by atoms with Crippen LogP contribution in [0.3, 0.4) is 0 Å². The van der Waals surface area contributed by atoms with Crippen molar-refractivity contribution < 1.29 is 18.7 Å². The summed E-state index contributed by atoms with van der Waals surface area (Å²) >= 11 is 0. The summed E-state index contributed by atoms with van der Waals surface area (Å²) in [6.07, 6.45) is 0. The zero-order valence-electron chi connectivity index (χ0n) is 16.1. The molecule has 0 bridgehead atoms. The number of fused-ring (bicyclic) bond motifs is 1. The van der Waals surface area contributed by atoms with Gasteiger partial charge in [-0.3, -0.25) is 4.79 Å². The first-order valence-electron chi connectivity index (χ1n) is 9.16. The Balaban J connectivity index is 1.53. The molecule has 0 aliphatic heterocycles. The number of oxazole rings is 1. The lowest BCUT2D eigenvalue weighted by molar-refractivity contribution is -0.118. The molecule has 1 amide bonds. The molecule has 0 saturated carbocycles. The zero-order chi connectivity index (χ0) is 20.2. The van der Waals surface area contributed by atoms with Gasteiger partial charge >= 0.3 is 0 Å². The first kappa shape index (κ1) is 18.6. The number of benzene rings is 3. The number of para-hydroxylation sites is 1. The van der Waals surface area contributed by atoms with Gasteiger partial charge in [-0.2, -0.15) is 0 Å². The largest absolute Gasteiger partial charge is 0.497 e. The van der Waals surface area contributed by atoms with Gasteiger partial charge in [-0.1, -0.05) is 24.3 Å². The molecule has 0 aliphatic rings. The zero-order valence-corrected chi connectivity index (χ0v) is 16.1. The van der Waals surface area contributed by atoms with Gasteiger partial charge in [0, 0.05) is 17.3 Å². The molecular weight excluding hydrogens is 368 g/mol. The highest BCUT2D eigenvalue weighted by Crippen LogP contribution is 2.31. The lowest BCUT2D eigenvalue weighted by atomic mass is 10.1. The number of hydrogen-bond acceptors (Lipinski definition) is 5. The maximum atomic E-state index is 12.3. The summed E-state index contributed by atoms with van der Waals surface area (Å²) in [5.74, 6) is 1.61. The molecule has 6 heteroatoms. The number of carbonyl (C=O) groups excluding carboxylic acids is 1. The van der Waals surface area contributed by atoms with Crippen LogP contribution in [-0.4, -0.2) is 24.6 Å². The highest BCUT2D eigenvalue weighted by atomic mass is 16.5. The second-order valence-electron chi connectivity index (χ2n) is 6.48. The van der Waals surface area contributed by atoms with Crippen LogP contribution in [0.1, 0.15) is 5.56 Å². The summed E-state index contributed by atoms with van der Waals surface area (Å²) < 4.78 is 16.6. The Bertz CT molecular complexity index is 1150. The van der Waals surface area contributed by atoms with Crippen molar-refractivity contribution in [3.63, 3.8) is 0 Å². The Morgan fingerprint density at radius 3 is 2.66 bits per heavy atom. The van der Waals surface area contributed by atoms with Crippen molar-refractivity contribution in [2.75, 3.05) is 19.0 Å². The van der Waals surface area contributed by atoms with E-state index in [4.69, 9.17) is 13.9 Å². The molecule has 4 aromatic rings. The monoisotopic (exact) mass is 388 g/mol. The van der Waals surface area contributed by atoms with E-state index in [0.717, 1.165) is 11.1 Å². The van der Waals surface area contributed by atoms with Gasteiger partial charge in [-0.05, 0) is 48.9 Å². The van der Waals surface area contributed by atoms with E-state index in [1.807, 2.05) is 61.5 Å². The first-order chi connectivity index (χ1) is 14.1. The highest BCUT2D eigenvalue weighted by molar-refractivity contribution is 5.93. The van der Waals surface area contributed by atoms with E-state index in [2.05, 4.69) is 10.3 Å². The summed E-state index contributed by atoms with van der Waals surface area (Å²) in [7, 11) is 1.61. The molecule has 1 aromatic heterocycles. The highest BCUT2D eigenvalue weighted by Gasteiger charge is 2.14. The molecule has 4 rings (SSSR count). The van der Waals surface area contributed by atoms with Crippen LogP contribution in [0.4, 0.5) is 5.69 Å². The summed E-state index contributed by atoms with van der Waals surface area (Å²) in [5, 5.41) is 2.89. The Morgan fingerprint density at radius 2 is 1.86 bits per heavy atom. The summed E-state index contributed by atoms with van der Waals surface area (Å²) in [5.41, 5.74) is 3.74. The molecule has 0 fully saturated rings. The second-order valence-corrected chi connectivity index (χ2v) is 6.48. The Kier molecular flexibility index (Phi) is 5.16. The van der Waals surface area contributed by atoms with E-state index in [9.17, 15) is 4.79 Å². The molecule has 3 aromatic carbocycles. The van der Waals surface area contributed by atoms with Gasteiger partial charge in [0.1, 0.15) is 17.0 Å². The Morgan fingerprint density at radius 1 is 1.03 bits per heavy atom. The van der Waals surface area contributed by atoms with Crippen LogP contribution < -0.4 is 14.8 Å². The first-order valence-corrected chi connectivity index (χ1v) is 9.16. The topological polar surface area (TPSA) is 73.6 Å². The van der Waals surface area contributed by atoms with Crippen LogP contribution in [0, 0.1) is 6.92 Å². The number of amides is 1. The Labute approximate surface area is 168 Å². The van der Waals surface area contributed by atoms with E-state index < -0.39 is 0 Å². The third kappa shape index (κ3) is 4.06. The molecule has 0 aliphatic carbocycles. The second kappa shape index (κ2) is 8.06. The van der Waals surface area contributed by atoms with Crippen molar-refractivity contribution in [2.45, 2.75) is 6.92 Å². The average molecular weight is 388 g/mol. The molecule has 0 unspecified atom stereocenters. The summed E-state index contributed by atoms with van der Waals surface area (Å²) in [6.45, 7) is 1.84. The van der Waals surface area contributed by atoms with Crippen LogP contribution in [0.25, 0.3) is 22.6 Å². The number of methoxy groups -OCH3 is 1. The molecule has 0 saturated heterocycles. The molecule has 1 N–H and O–H groups in total. The van der Waals surface area contributed by atoms with E-state index in [-0.39, 0.29) is 12.5 Å². The van der Waals surface area contributed by atoms with Gasteiger partial charge < -0.3 is 19.2 Å². The number of aromatic nitrogens is 1. The molecule has 0 spiro atoms. The molecule has 1 heterocycles. The maximum Gasteiger partial charge on any atom is 0.262 e. The fourth-order valence-electron chi connectivity index (χ4n) is 3.00. The lowest BCUT2D eigenvalue weighted by Gasteiger charge is -2.11. The number of hydrogen-bond donors (Lipinski definition) is 1. The van der Waals surface area contributed by atoms with Crippen LogP contribution >= 0.6 is 0 Å². The van der Waals surface area contributed by atoms with Gasteiger partial charge in [0.2, 0.25) is 5.89 Å². The fourth-order valence-corrected chi connectivity index (χ4v) is 3.00.